The molecule has 0 saturated heterocycles. The Labute approximate surface area is 114 Å². The molecule has 0 aromatic carbocycles. The average molecular weight is 273 g/mol. The summed E-state index contributed by atoms with van der Waals surface area (Å²) in [5.74, 6) is 0.462. The summed E-state index contributed by atoms with van der Waals surface area (Å²) < 4.78 is 10.8. The molecule has 1 aromatic rings. The molecule has 0 radical (unpaired) electrons. The van der Waals surface area contributed by atoms with E-state index in [1.165, 1.54) is 0 Å². The molecule has 1 rings (SSSR count). The fraction of sp³-hybridized carbons (Fsp3) is 0.615. The molecule has 18 heavy (non-hydrogen) atoms. The molecular formula is C13H21ClN2O2. The molecule has 0 aliphatic carbocycles. The fourth-order valence-electron chi connectivity index (χ4n) is 1.36. The monoisotopic (exact) mass is 272 g/mol. The van der Waals surface area contributed by atoms with Gasteiger partial charge in [0.25, 0.3) is 0 Å². The van der Waals surface area contributed by atoms with E-state index in [-0.39, 0.29) is 6.10 Å². The van der Waals surface area contributed by atoms with E-state index in [4.69, 9.17) is 21.1 Å². The average Bonchev–Trinajstić information content (AvgIpc) is 2.33. The van der Waals surface area contributed by atoms with Gasteiger partial charge in [0.1, 0.15) is 11.6 Å². The lowest BCUT2D eigenvalue weighted by Crippen LogP contribution is -2.13. The molecule has 102 valence electrons. The second-order valence-corrected chi connectivity index (χ2v) is 4.59. The summed E-state index contributed by atoms with van der Waals surface area (Å²) in [6.07, 6.45) is 1.98. The van der Waals surface area contributed by atoms with Gasteiger partial charge in [-0.3, -0.25) is 0 Å². The van der Waals surface area contributed by atoms with E-state index >= 15 is 0 Å². The van der Waals surface area contributed by atoms with E-state index < -0.39 is 0 Å². The van der Waals surface area contributed by atoms with Crippen LogP contribution >= 0.6 is 11.6 Å². The largest absolute Gasteiger partial charge is 0.474 e. The Balaban J connectivity index is 2.42. The van der Waals surface area contributed by atoms with Crippen LogP contribution in [0.3, 0.4) is 0 Å². The lowest BCUT2D eigenvalue weighted by molar-refractivity contribution is 0.0543. The van der Waals surface area contributed by atoms with Crippen molar-refractivity contribution >= 4 is 11.6 Å². The summed E-state index contributed by atoms with van der Waals surface area (Å²) in [6, 6.07) is 1.87. The van der Waals surface area contributed by atoms with E-state index in [1.54, 1.807) is 6.20 Å². The second-order valence-electron chi connectivity index (χ2n) is 4.18. The van der Waals surface area contributed by atoms with Gasteiger partial charge in [-0.15, -0.1) is 0 Å². The molecule has 1 aromatic heterocycles. The summed E-state index contributed by atoms with van der Waals surface area (Å²) in [4.78, 5) is 4.20. The van der Waals surface area contributed by atoms with E-state index in [2.05, 4.69) is 17.2 Å². The van der Waals surface area contributed by atoms with Gasteiger partial charge in [-0.25, -0.2) is 4.98 Å². The van der Waals surface area contributed by atoms with E-state index in [0.717, 1.165) is 18.7 Å². The Morgan fingerprint density at radius 2 is 2.17 bits per heavy atom. The van der Waals surface area contributed by atoms with Crippen molar-refractivity contribution in [1.82, 2.24) is 10.3 Å². The minimum Gasteiger partial charge on any atom is -0.474 e. The van der Waals surface area contributed by atoms with E-state index in [0.29, 0.717) is 24.1 Å². The zero-order valence-electron chi connectivity index (χ0n) is 11.2. The highest BCUT2D eigenvalue weighted by Gasteiger charge is 2.05. The number of nitrogens with one attached hydrogen (secondary N) is 1. The van der Waals surface area contributed by atoms with Crippen LogP contribution in [0.2, 0.25) is 5.02 Å². The van der Waals surface area contributed by atoms with Gasteiger partial charge < -0.3 is 14.8 Å². The summed E-state index contributed by atoms with van der Waals surface area (Å²) in [7, 11) is 0. The maximum Gasteiger partial charge on any atom is 0.232 e. The topological polar surface area (TPSA) is 43.4 Å². The van der Waals surface area contributed by atoms with Crippen LogP contribution in [0.15, 0.2) is 12.3 Å². The smallest absolute Gasteiger partial charge is 0.232 e. The Hall–Kier alpha value is -0.840. The lowest BCUT2D eigenvalue weighted by atomic mass is 10.3. The molecule has 0 unspecified atom stereocenters. The van der Waals surface area contributed by atoms with Crippen LogP contribution in [0.4, 0.5) is 0 Å². The standard InChI is InChI=1S/C13H21ClN2O2/c1-4-15-8-11-7-12(14)13(16-9-11)18-6-5-17-10(2)3/h7,9-10,15H,4-6,8H2,1-3H3. The number of hydrogen-bond acceptors (Lipinski definition) is 4. The van der Waals surface area contributed by atoms with Gasteiger partial charge in [0.15, 0.2) is 0 Å². The van der Waals surface area contributed by atoms with Crippen molar-refractivity contribution in [2.24, 2.45) is 0 Å². The Kier molecular flexibility index (Phi) is 7.01. The molecular weight excluding hydrogens is 252 g/mol. The quantitative estimate of drug-likeness (QED) is 0.739. The maximum atomic E-state index is 6.09. The van der Waals surface area contributed by atoms with Crippen molar-refractivity contribution < 1.29 is 9.47 Å². The van der Waals surface area contributed by atoms with Crippen molar-refractivity contribution in [3.63, 3.8) is 0 Å². The zero-order valence-corrected chi connectivity index (χ0v) is 12.0. The summed E-state index contributed by atoms with van der Waals surface area (Å²) in [5, 5.41) is 3.75. The lowest BCUT2D eigenvalue weighted by Gasteiger charge is -2.10. The number of hydrogen-bond donors (Lipinski definition) is 1. The first kappa shape index (κ1) is 15.2. The number of pyridine rings is 1. The summed E-state index contributed by atoms with van der Waals surface area (Å²) in [5.41, 5.74) is 1.05. The van der Waals surface area contributed by atoms with Crippen molar-refractivity contribution in [2.45, 2.75) is 33.4 Å². The van der Waals surface area contributed by atoms with E-state index in [9.17, 15) is 0 Å². The molecule has 0 amide bonds. The van der Waals surface area contributed by atoms with Gasteiger partial charge >= 0.3 is 0 Å². The molecule has 5 heteroatoms. The van der Waals surface area contributed by atoms with Crippen LogP contribution in [0, 0.1) is 0 Å². The van der Waals surface area contributed by atoms with E-state index in [1.807, 2.05) is 19.9 Å². The number of ether oxygens (including phenoxy) is 2. The highest BCUT2D eigenvalue weighted by molar-refractivity contribution is 6.31. The molecule has 0 spiro atoms. The highest BCUT2D eigenvalue weighted by Crippen LogP contribution is 2.22. The fourth-order valence-corrected chi connectivity index (χ4v) is 1.60. The van der Waals surface area contributed by atoms with Gasteiger partial charge in [-0.2, -0.15) is 0 Å². The van der Waals surface area contributed by atoms with Crippen LogP contribution in [-0.2, 0) is 11.3 Å². The predicted molar refractivity (Wildman–Crippen MR) is 73.2 cm³/mol. The number of rotatable bonds is 8. The summed E-state index contributed by atoms with van der Waals surface area (Å²) in [6.45, 7) is 8.71. The van der Waals surface area contributed by atoms with Crippen molar-refractivity contribution in [1.29, 1.82) is 0 Å². The Bertz CT molecular complexity index is 359. The zero-order chi connectivity index (χ0) is 13.4. The molecule has 0 bridgehead atoms. The summed E-state index contributed by atoms with van der Waals surface area (Å²) >= 11 is 6.09. The first-order valence-electron chi connectivity index (χ1n) is 6.23. The van der Waals surface area contributed by atoms with Crippen LogP contribution in [0.5, 0.6) is 5.88 Å². The third kappa shape index (κ3) is 5.67. The number of halogens is 1. The Morgan fingerprint density at radius 3 is 2.78 bits per heavy atom. The van der Waals surface area contributed by atoms with Gasteiger partial charge in [0, 0.05) is 12.7 Å². The second kappa shape index (κ2) is 8.29. The van der Waals surface area contributed by atoms with Gasteiger partial charge in [-0.05, 0) is 32.0 Å². The molecule has 0 aliphatic heterocycles. The van der Waals surface area contributed by atoms with Crippen LogP contribution in [0.1, 0.15) is 26.3 Å². The first-order valence-corrected chi connectivity index (χ1v) is 6.60. The van der Waals surface area contributed by atoms with Gasteiger partial charge in [0.05, 0.1) is 12.7 Å². The van der Waals surface area contributed by atoms with Gasteiger partial charge in [-0.1, -0.05) is 18.5 Å². The van der Waals surface area contributed by atoms with Crippen molar-refractivity contribution in [3.8, 4) is 5.88 Å². The van der Waals surface area contributed by atoms with Gasteiger partial charge in [0.2, 0.25) is 5.88 Å². The Morgan fingerprint density at radius 1 is 1.39 bits per heavy atom. The molecule has 0 atom stereocenters. The van der Waals surface area contributed by atoms with Crippen LogP contribution in [0.25, 0.3) is 0 Å². The number of nitrogens with zero attached hydrogens (tertiary/aromatic N) is 1. The van der Waals surface area contributed by atoms with Crippen molar-refractivity contribution in [2.75, 3.05) is 19.8 Å². The minimum absolute atomic E-state index is 0.208. The molecule has 1 heterocycles. The van der Waals surface area contributed by atoms with Crippen LogP contribution in [-0.4, -0.2) is 30.8 Å². The third-order valence-electron chi connectivity index (χ3n) is 2.22. The van der Waals surface area contributed by atoms with Crippen LogP contribution < -0.4 is 10.1 Å². The van der Waals surface area contributed by atoms with Crippen molar-refractivity contribution in [3.05, 3.63) is 22.8 Å². The molecule has 0 aliphatic rings. The molecule has 0 fully saturated rings. The maximum absolute atomic E-state index is 6.09. The molecule has 4 nitrogen and oxygen atoms in total. The minimum atomic E-state index is 0.208. The predicted octanol–water partition coefficient (Wildman–Crippen LogP) is 2.65. The SMILES string of the molecule is CCNCc1cnc(OCCOC(C)C)c(Cl)c1. The number of aromatic nitrogens is 1. The molecule has 0 saturated carbocycles. The third-order valence-corrected chi connectivity index (χ3v) is 2.49. The highest BCUT2D eigenvalue weighted by atomic mass is 35.5. The molecule has 1 N–H and O–H groups in total. The normalized spacial score (nSPS) is 10.9. The first-order chi connectivity index (χ1) is 8.63.